The van der Waals surface area contributed by atoms with Crippen molar-refractivity contribution >= 4 is 11.9 Å². The molecule has 0 radical (unpaired) electrons. The monoisotopic (exact) mass is 329 g/mol. The fourth-order valence-electron chi connectivity index (χ4n) is 4.78. The first kappa shape index (κ1) is 14.8. The maximum absolute atomic E-state index is 4.69. The summed E-state index contributed by atoms with van der Waals surface area (Å²) in [5.74, 6) is 1.69. The first-order valence-electron chi connectivity index (χ1n) is 9.34. The van der Waals surface area contributed by atoms with E-state index in [-0.39, 0.29) is 0 Å². The van der Waals surface area contributed by atoms with E-state index >= 15 is 0 Å². The zero-order chi connectivity index (χ0) is 16.6. The number of allylic oxidation sites excluding steroid dienone is 2. The molecule has 1 aliphatic carbocycles. The molecule has 0 unspecified atom stereocenters. The molecule has 1 fully saturated rings. The summed E-state index contributed by atoms with van der Waals surface area (Å²) in [6.45, 7) is 0. The Morgan fingerprint density at radius 1 is 0.920 bits per heavy atom. The Balaban J connectivity index is 1.64. The van der Waals surface area contributed by atoms with Crippen molar-refractivity contribution < 1.29 is 0 Å². The van der Waals surface area contributed by atoms with Gasteiger partial charge in [0.05, 0.1) is 12.1 Å². The molecule has 0 spiro atoms. The van der Waals surface area contributed by atoms with Gasteiger partial charge in [0.25, 0.3) is 0 Å². The summed E-state index contributed by atoms with van der Waals surface area (Å²) in [7, 11) is 0. The number of hydrogen-bond acceptors (Lipinski definition) is 3. The molecule has 1 aromatic heterocycles. The Bertz CT molecular complexity index is 801. The lowest BCUT2D eigenvalue weighted by atomic mass is 9.80. The third-order valence-electron chi connectivity index (χ3n) is 5.82. The number of benzene rings is 1. The van der Waals surface area contributed by atoms with Crippen molar-refractivity contribution in [2.45, 2.75) is 37.8 Å². The number of aromatic nitrogens is 1. The van der Waals surface area contributed by atoms with Gasteiger partial charge >= 0.3 is 0 Å². The first-order chi connectivity index (χ1) is 12.4. The maximum Gasteiger partial charge on any atom is 0.147 e. The molecule has 2 aliphatic heterocycles. The summed E-state index contributed by atoms with van der Waals surface area (Å²) < 4.78 is 0. The van der Waals surface area contributed by atoms with Crippen molar-refractivity contribution in [3.8, 4) is 0 Å². The number of fused-ring (bicyclic) bond motifs is 5. The highest BCUT2D eigenvalue weighted by atomic mass is 15.7. The SMILES string of the molecule is C1=CN2[C@H](c3ccccc31)[C@H]1CC/C=C\CC[C@@H]1N2c1ccccn1. The molecule has 3 aliphatic rings. The van der Waals surface area contributed by atoms with Gasteiger partial charge in [0.15, 0.2) is 0 Å². The number of hydrogen-bond donors (Lipinski definition) is 0. The van der Waals surface area contributed by atoms with Crippen LogP contribution in [-0.4, -0.2) is 16.0 Å². The molecule has 5 rings (SSSR count). The van der Waals surface area contributed by atoms with Crippen molar-refractivity contribution in [3.05, 3.63) is 78.1 Å². The lowest BCUT2D eigenvalue weighted by Crippen LogP contribution is -2.40. The third-order valence-corrected chi connectivity index (χ3v) is 5.82. The lowest BCUT2D eigenvalue weighted by Gasteiger charge is -2.36. The zero-order valence-corrected chi connectivity index (χ0v) is 14.3. The van der Waals surface area contributed by atoms with Crippen LogP contribution in [0.15, 0.2) is 67.0 Å². The molecule has 0 bridgehead atoms. The number of pyridine rings is 1. The maximum atomic E-state index is 4.69. The van der Waals surface area contributed by atoms with Gasteiger partial charge in [-0.15, -0.1) is 0 Å². The van der Waals surface area contributed by atoms with Gasteiger partial charge in [-0.2, -0.15) is 0 Å². The second-order valence-corrected chi connectivity index (χ2v) is 7.16. The van der Waals surface area contributed by atoms with Crippen LogP contribution in [0.25, 0.3) is 6.08 Å². The minimum Gasteiger partial charge on any atom is -0.283 e. The predicted octanol–water partition coefficient (Wildman–Crippen LogP) is 4.96. The Morgan fingerprint density at radius 2 is 1.76 bits per heavy atom. The molecule has 3 heteroatoms. The first-order valence-corrected chi connectivity index (χ1v) is 9.34. The van der Waals surface area contributed by atoms with Crippen molar-refractivity contribution in [2.75, 3.05) is 5.01 Å². The van der Waals surface area contributed by atoms with E-state index in [1.165, 1.54) is 30.4 Å². The number of anilines is 1. The topological polar surface area (TPSA) is 19.4 Å². The zero-order valence-electron chi connectivity index (χ0n) is 14.3. The Hall–Kier alpha value is -2.55. The van der Waals surface area contributed by atoms with Gasteiger partial charge in [-0.25, -0.2) is 4.98 Å². The highest BCUT2D eigenvalue weighted by molar-refractivity contribution is 5.59. The van der Waals surface area contributed by atoms with Crippen LogP contribution >= 0.6 is 0 Å². The number of nitrogens with zero attached hydrogens (tertiary/aromatic N) is 3. The van der Waals surface area contributed by atoms with E-state index in [9.17, 15) is 0 Å². The quantitative estimate of drug-likeness (QED) is 0.689. The van der Waals surface area contributed by atoms with Gasteiger partial charge in [-0.3, -0.25) is 10.0 Å². The summed E-state index contributed by atoms with van der Waals surface area (Å²) in [4.78, 5) is 4.69. The summed E-state index contributed by atoms with van der Waals surface area (Å²) in [6, 6.07) is 16.0. The molecule has 3 heterocycles. The van der Waals surface area contributed by atoms with E-state index in [0.29, 0.717) is 18.0 Å². The third kappa shape index (κ3) is 2.38. The molecule has 25 heavy (non-hydrogen) atoms. The van der Waals surface area contributed by atoms with Crippen LogP contribution in [-0.2, 0) is 0 Å². The standard InChI is InChI=1S/C22H23N3/c1-2-4-12-20-19(11-3-1)22-18-10-6-5-9-17(18)14-16-24(22)25(20)21-13-7-8-15-23-21/h1-2,5-10,13-16,19-20,22H,3-4,11-12H2/b2-1-/t19-,20-,22+/m0/s1. The molecule has 2 aromatic rings. The van der Waals surface area contributed by atoms with E-state index in [0.717, 1.165) is 12.2 Å². The molecule has 0 amide bonds. The second kappa shape index (κ2) is 6.07. The van der Waals surface area contributed by atoms with E-state index in [4.69, 9.17) is 0 Å². The molecule has 3 nitrogen and oxygen atoms in total. The van der Waals surface area contributed by atoms with E-state index in [2.05, 4.69) is 75.8 Å². The van der Waals surface area contributed by atoms with Crippen LogP contribution in [0.1, 0.15) is 42.9 Å². The largest absolute Gasteiger partial charge is 0.283 e. The molecule has 1 saturated heterocycles. The average molecular weight is 329 g/mol. The van der Waals surface area contributed by atoms with Crippen LogP contribution in [0, 0.1) is 5.92 Å². The average Bonchev–Trinajstić information content (AvgIpc) is 2.95. The minimum atomic E-state index is 0.416. The number of rotatable bonds is 1. The van der Waals surface area contributed by atoms with E-state index in [1.54, 1.807) is 0 Å². The van der Waals surface area contributed by atoms with Gasteiger partial charge in [-0.1, -0.05) is 42.5 Å². The minimum absolute atomic E-state index is 0.416. The Labute approximate surface area is 149 Å². The van der Waals surface area contributed by atoms with Crippen LogP contribution in [0.4, 0.5) is 5.82 Å². The van der Waals surface area contributed by atoms with Gasteiger partial charge < -0.3 is 0 Å². The fourth-order valence-corrected chi connectivity index (χ4v) is 4.78. The van der Waals surface area contributed by atoms with Crippen LogP contribution in [0.3, 0.4) is 0 Å². The van der Waals surface area contributed by atoms with E-state index < -0.39 is 0 Å². The fraction of sp³-hybridized carbons (Fsp3) is 0.318. The normalized spacial score (nSPS) is 28.6. The molecular weight excluding hydrogens is 306 g/mol. The molecule has 1 aromatic carbocycles. The van der Waals surface area contributed by atoms with Crippen LogP contribution in [0.2, 0.25) is 0 Å². The summed E-state index contributed by atoms with van der Waals surface area (Å²) in [5.41, 5.74) is 2.82. The molecular formula is C22H23N3. The second-order valence-electron chi connectivity index (χ2n) is 7.16. The van der Waals surface area contributed by atoms with Crippen molar-refractivity contribution in [2.24, 2.45) is 5.92 Å². The molecule has 3 atom stereocenters. The van der Waals surface area contributed by atoms with Crippen LogP contribution in [0.5, 0.6) is 0 Å². The van der Waals surface area contributed by atoms with Crippen molar-refractivity contribution in [1.82, 2.24) is 9.99 Å². The highest BCUT2D eigenvalue weighted by Gasteiger charge is 2.48. The molecule has 126 valence electrons. The van der Waals surface area contributed by atoms with Crippen molar-refractivity contribution in [3.63, 3.8) is 0 Å². The van der Waals surface area contributed by atoms with Crippen molar-refractivity contribution in [1.29, 1.82) is 0 Å². The summed E-state index contributed by atoms with van der Waals surface area (Å²) >= 11 is 0. The molecule has 0 N–H and O–H groups in total. The Kier molecular flexibility index (Phi) is 3.58. The molecule has 0 saturated carbocycles. The lowest BCUT2D eigenvalue weighted by molar-refractivity contribution is 0.281. The van der Waals surface area contributed by atoms with Gasteiger partial charge in [0.1, 0.15) is 5.82 Å². The van der Waals surface area contributed by atoms with Crippen LogP contribution < -0.4 is 5.01 Å². The predicted molar refractivity (Wildman–Crippen MR) is 102 cm³/mol. The Morgan fingerprint density at radius 3 is 2.64 bits per heavy atom. The highest BCUT2D eigenvalue weighted by Crippen LogP contribution is 2.49. The summed E-state index contributed by atoms with van der Waals surface area (Å²) in [5, 5.41) is 4.91. The van der Waals surface area contributed by atoms with Gasteiger partial charge in [-0.05, 0) is 55.0 Å². The van der Waals surface area contributed by atoms with Gasteiger partial charge in [0.2, 0.25) is 0 Å². The smallest absolute Gasteiger partial charge is 0.147 e. The van der Waals surface area contributed by atoms with E-state index in [1.807, 2.05) is 12.3 Å². The summed E-state index contributed by atoms with van der Waals surface area (Å²) in [6.07, 6.45) is 15.9. The van der Waals surface area contributed by atoms with Gasteiger partial charge in [0, 0.05) is 18.3 Å². The number of hydrazine groups is 1.